The van der Waals surface area contributed by atoms with Gasteiger partial charge in [-0.1, -0.05) is 0 Å². The van der Waals surface area contributed by atoms with Crippen LogP contribution >= 0.6 is 15.9 Å². The van der Waals surface area contributed by atoms with Crippen molar-refractivity contribution < 1.29 is 18.0 Å². The summed E-state index contributed by atoms with van der Waals surface area (Å²) in [6, 6.07) is 2.51. The fourth-order valence-corrected chi connectivity index (χ4v) is 1.64. The summed E-state index contributed by atoms with van der Waals surface area (Å²) < 4.78 is 38.1. The van der Waals surface area contributed by atoms with Gasteiger partial charge in [-0.2, -0.15) is 13.2 Å². The van der Waals surface area contributed by atoms with Crippen LogP contribution in [-0.2, 0) is 6.18 Å². The highest BCUT2D eigenvalue weighted by Gasteiger charge is 2.31. The number of rotatable bonds is 1. The van der Waals surface area contributed by atoms with E-state index in [9.17, 15) is 18.0 Å². The standard InChI is InChI=1S/C12H14BrF3N2O/c1-11(2,3)18-10(19)17-9-6-7(12(14,15)16)4-5-8(9)13/h4-6H,1-3H3,(H2,17,18,19). The van der Waals surface area contributed by atoms with E-state index in [1.165, 1.54) is 6.07 Å². The summed E-state index contributed by atoms with van der Waals surface area (Å²) in [6.45, 7) is 5.31. The minimum Gasteiger partial charge on any atom is -0.333 e. The van der Waals surface area contributed by atoms with Gasteiger partial charge in [-0.25, -0.2) is 4.79 Å². The number of urea groups is 1. The Morgan fingerprint density at radius 1 is 1.21 bits per heavy atom. The lowest BCUT2D eigenvalue weighted by Crippen LogP contribution is -2.43. The Bertz CT molecular complexity index is 481. The van der Waals surface area contributed by atoms with Gasteiger partial charge in [0.25, 0.3) is 0 Å². The van der Waals surface area contributed by atoms with Crippen molar-refractivity contribution in [1.82, 2.24) is 5.32 Å². The van der Waals surface area contributed by atoms with Crippen LogP contribution in [0.25, 0.3) is 0 Å². The second-order valence-electron chi connectivity index (χ2n) is 5.02. The van der Waals surface area contributed by atoms with Crippen molar-refractivity contribution >= 4 is 27.6 Å². The molecule has 1 aromatic carbocycles. The van der Waals surface area contributed by atoms with Crippen LogP contribution in [0.4, 0.5) is 23.7 Å². The molecule has 3 nitrogen and oxygen atoms in total. The van der Waals surface area contributed by atoms with E-state index in [-0.39, 0.29) is 5.69 Å². The minimum atomic E-state index is -4.45. The van der Waals surface area contributed by atoms with Crippen LogP contribution in [0, 0.1) is 0 Å². The van der Waals surface area contributed by atoms with Crippen molar-refractivity contribution in [2.45, 2.75) is 32.5 Å². The summed E-state index contributed by atoms with van der Waals surface area (Å²) in [7, 11) is 0. The normalized spacial score (nSPS) is 12.2. The molecule has 0 aliphatic rings. The summed E-state index contributed by atoms with van der Waals surface area (Å²) in [5.41, 5.74) is -1.23. The van der Waals surface area contributed by atoms with Gasteiger partial charge in [-0.05, 0) is 54.9 Å². The quantitative estimate of drug-likeness (QED) is 0.783. The summed E-state index contributed by atoms with van der Waals surface area (Å²) in [5, 5.41) is 4.98. The molecule has 0 heterocycles. The topological polar surface area (TPSA) is 41.1 Å². The van der Waals surface area contributed by atoms with Crippen molar-refractivity contribution in [2.75, 3.05) is 5.32 Å². The van der Waals surface area contributed by atoms with E-state index in [0.29, 0.717) is 4.47 Å². The molecule has 1 aromatic rings. The number of anilines is 1. The minimum absolute atomic E-state index is 0.0663. The number of hydrogen-bond donors (Lipinski definition) is 2. The Kier molecular flexibility index (Phi) is 4.50. The zero-order chi connectivity index (χ0) is 14.8. The van der Waals surface area contributed by atoms with Gasteiger partial charge in [-0.15, -0.1) is 0 Å². The first-order valence-corrected chi connectivity index (χ1v) is 6.24. The van der Waals surface area contributed by atoms with Gasteiger partial charge in [0.15, 0.2) is 0 Å². The number of carbonyl (C=O) groups excluding carboxylic acids is 1. The number of amides is 2. The van der Waals surface area contributed by atoms with Gasteiger partial charge in [0.05, 0.1) is 11.3 Å². The molecule has 0 fully saturated rings. The van der Waals surface area contributed by atoms with Crippen LogP contribution in [-0.4, -0.2) is 11.6 Å². The van der Waals surface area contributed by atoms with E-state index >= 15 is 0 Å². The highest BCUT2D eigenvalue weighted by molar-refractivity contribution is 9.10. The number of alkyl halides is 3. The lowest BCUT2D eigenvalue weighted by molar-refractivity contribution is -0.137. The summed E-state index contributed by atoms with van der Waals surface area (Å²) in [5.74, 6) is 0. The Morgan fingerprint density at radius 3 is 2.26 bits per heavy atom. The largest absolute Gasteiger partial charge is 0.416 e. The molecule has 0 atom stereocenters. The van der Waals surface area contributed by atoms with Crippen LogP contribution in [0.1, 0.15) is 26.3 Å². The Hall–Kier alpha value is -1.24. The van der Waals surface area contributed by atoms with Gasteiger partial charge in [0.2, 0.25) is 0 Å². The first-order valence-electron chi connectivity index (χ1n) is 5.45. The van der Waals surface area contributed by atoms with Crippen molar-refractivity contribution in [3.8, 4) is 0 Å². The molecule has 0 radical (unpaired) electrons. The third-order valence-corrected chi connectivity index (χ3v) is 2.72. The number of halogens is 4. The SMILES string of the molecule is CC(C)(C)NC(=O)Nc1cc(C(F)(F)F)ccc1Br. The molecule has 0 saturated heterocycles. The first kappa shape index (κ1) is 15.8. The third kappa shape index (κ3) is 5.10. The number of carbonyl (C=O) groups is 1. The molecule has 0 bridgehead atoms. The highest BCUT2D eigenvalue weighted by Crippen LogP contribution is 2.33. The monoisotopic (exact) mass is 338 g/mol. The second kappa shape index (κ2) is 5.40. The van der Waals surface area contributed by atoms with E-state index in [0.717, 1.165) is 12.1 Å². The molecular weight excluding hydrogens is 325 g/mol. The van der Waals surface area contributed by atoms with Crippen LogP contribution in [0.3, 0.4) is 0 Å². The number of benzene rings is 1. The molecule has 0 spiro atoms. The fourth-order valence-electron chi connectivity index (χ4n) is 1.29. The van der Waals surface area contributed by atoms with E-state index < -0.39 is 23.3 Å². The first-order chi connectivity index (χ1) is 8.49. The molecule has 0 aliphatic heterocycles. The summed E-state index contributed by atoms with van der Waals surface area (Å²) >= 11 is 3.10. The maximum absolute atomic E-state index is 12.6. The smallest absolute Gasteiger partial charge is 0.333 e. The molecule has 106 valence electrons. The van der Waals surface area contributed by atoms with Crippen LogP contribution in [0.2, 0.25) is 0 Å². The molecule has 2 N–H and O–H groups in total. The maximum Gasteiger partial charge on any atom is 0.416 e. The molecule has 2 amide bonds. The van der Waals surface area contributed by atoms with Crippen molar-refractivity contribution in [3.05, 3.63) is 28.2 Å². The Labute approximate surface area is 117 Å². The van der Waals surface area contributed by atoms with E-state index in [1.807, 2.05) is 0 Å². The van der Waals surface area contributed by atoms with Crippen LogP contribution in [0.15, 0.2) is 22.7 Å². The van der Waals surface area contributed by atoms with Crippen LogP contribution < -0.4 is 10.6 Å². The molecular formula is C12H14BrF3N2O. The Balaban J connectivity index is 2.92. The lowest BCUT2D eigenvalue weighted by Gasteiger charge is -2.21. The van der Waals surface area contributed by atoms with Crippen molar-refractivity contribution in [3.63, 3.8) is 0 Å². The van der Waals surface area contributed by atoms with Crippen LogP contribution in [0.5, 0.6) is 0 Å². The average molecular weight is 339 g/mol. The third-order valence-electron chi connectivity index (χ3n) is 2.03. The molecule has 0 aliphatic carbocycles. The van der Waals surface area contributed by atoms with E-state index in [1.54, 1.807) is 20.8 Å². The Morgan fingerprint density at radius 2 is 1.79 bits per heavy atom. The molecule has 1 rings (SSSR count). The maximum atomic E-state index is 12.6. The lowest BCUT2D eigenvalue weighted by atomic mass is 10.1. The van der Waals surface area contributed by atoms with Gasteiger partial charge < -0.3 is 10.6 Å². The van der Waals surface area contributed by atoms with E-state index in [4.69, 9.17) is 0 Å². The molecule has 0 aromatic heterocycles. The van der Waals surface area contributed by atoms with Gasteiger partial charge >= 0.3 is 12.2 Å². The summed E-state index contributed by atoms with van der Waals surface area (Å²) in [6.07, 6.45) is -4.45. The predicted molar refractivity (Wildman–Crippen MR) is 71.1 cm³/mol. The predicted octanol–water partition coefficient (Wildman–Crippen LogP) is 4.39. The number of hydrogen-bond acceptors (Lipinski definition) is 1. The highest BCUT2D eigenvalue weighted by atomic mass is 79.9. The van der Waals surface area contributed by atoms with Gasteiger partial charge in [-0.3, -0.25) is 0 Å². The van der Waals surface area contributed by atoms with E-state index in [2.05, 4.69) is 26.6 Å². The van der Waals surface area contributed by atoms with Gasteiger partial charge in [0.1, 0.15) is 0 Å². The van der Waals surface area contributed by atoms with Crippen molar-refractivity contribution in [1.29, 1.82) is 0 Å². The average Bonchev–Trinajstić information content (AvgIpc) is 2.16. The molecule has 0 saturated carbocycles. The summed E-state index contributed by atoms with van der Waals surface area (Å²) in [4.78, 5) is 11.6. The number of nitrogens with one attached hydrogen (secondary N) is 2. The second-order valence-corrected chi connectivity index (χ2v) is 5.88. The molecule has 0 unspecified atom stereocenters. The van der Waals surface area contributed by atoms with Crippen molar-refractivity contribution in [2.24, 2.45) is 0 Å². The molecule has 19 heavy (non-hydrogen) atoms. The molecule has 7 heteroatoms. The zero-order valence-corrected chi connectivity index (χ0v) is 12.2. The zero-order valence-electron chi connectivity index (χ0n) is 10.7. The van der Waals surface area contributed by atoms with Gasteiger partial charge in [0, 0.05) is 10.0 Å². The fraction of sp³-hybridized carbons (Fsp3) is 0.417.